The number of benzene rings is 2. The predicted molar refractivity (Wildman–Crippen MR) is 84.9 cm³/mol. The fraction of sp³-hybridized carbons (Fsp3) is 0.222. The van der Waals surface area contributed by atoms with Crippen LogP contribution in [-0.4, -0.2) is 11.7 Å². The molecule has 0 radical (unpaired) electrons. The van der Waals surface area contributed by atoms with Crippen LogP contribution < -0.4 is 9.47 Å². The first kappa shape index (κ1) is 14.4. The number of aryl methyl sites for hydroxylation is 1. The summed E-state index contributed by atoms with van der Waals surface area (Å²) in [5, 5.41) is 0.898. The molecule has 0 saturated heterocycles. The molecule has 1 heterocycles. The highest BCUT2D eigenvalue weighted by Gasteiger charge is 2.09. The van der Waals surface area contributed by atoms with E-state index in [2.05, 4.69) is 11.5 Å². The van der Waals surface area contributed by atoms with Gasteiger partial charge in [0.15, 0.2) is 0 Å². The maximum atomic E-state index is 13.5. The van der Waals surface area contributed by atoms with Crippen LogP contribution in [0.2, 0.25) is 0 Å². The molecule has 0 atom stereocenters. The van der Waals surface area contributed by atoms with Crippen LogP contribution in [0.5, 0.6) is 11.5 Å². The summed E-state index contributed by atoms with van der Waals surface area (Å²) in [5.41, 5.74) is 2.00. The zero-order chi connectivity index (χ0) is 15.5. The van der Waals surface area contributed by atoms with Crippen LogP contribution >= 0.6 is 0 Å². The zero-order valence-electron chi connectivity index (χ0n) is 12.7. The van der Waals surface area contributed by atoms with E-state index in [1.807, 2.05) is 36.5 Å². The smallest absolute Gasteiger partial charge is 0.123 e. The molecule has 0 unspecified atom stereocenters. The number of methoxy groups -OCH3 is 1. The van der Waals surface area contributed by atoms with Crippen LogP contribution in [0.3, 0.4) is 0 Å². The molecule has 4 heteroatoms. The average Bonchev–Trinajstić information content (AvgIpc) is 2.90. The molecule has 0 bridgehead atoms. The molecule has 0 aliphatic rings. The van der Waals surface area contributed by atoms with Gasteiger partial charge in [-0.1, -0.05) is 0 Å². The van der Waals surface area contributed by atoms with Gasteiger partial charge < -0.3 is 14.0 Å². The van der Waals surface area contributed by atoms with E-state index < -0.39 is 0 Å². The molecule has 0 amide bonds. The van der Waals surface area contributed by atoms with Crippen LogP contribution in [0.1, 0.15) is 12.5 Å². The summed E-state index contributed by atoms with van der Waals surface area (Å²) in [6.07, 6.45) is 2.02. The number of aromatic nitrogens is 1. The van der Waals surface area contributed by atoms with E-state index in [0.29, 0.717) is 6.61 Å². The fourth-order valence-electron chi connectivity index (χ4n) is 2.55. The Morgan fingerprint density at radius 3 is 2.45 bits per heavy atom. The molecule has 3 rings (SSSR count). The summed E-state index contributed by atoms with van der Waals surface area (Å²) in [4.78, 5) is 0. The van der Waals surface area contributed by atoms with Gasteiger partial charge in [0.2, 0.25) is 0 Å². The van der Waals surface area contributed by atoms with Crippen LogP contribution in [0, 0.1) is 5.82 Å². The molecule has 1 aromatic heterocycles. The Bertz CT molecular complexity index is 778. The molecule has 0 N–H and O–H groups in total. The van der Waals surface area contributed by atoms with Crippen molar-refractivity contribution in [2.24, 2.45) is 0 Å². The van der Waals surface area contributed by atoms with E-state index in [-0.39, 0.29) is 5.82 Å². The predicted octanol–water partition coefficient (Wildman–Crippen LogP) is 4.39. The number of ether oxygens (including phenoxy) is 2. The molecule has 3 aromatic rings. The number of nitrogens with zero attached hydrogens (tertiary/aromatic N) is 1. The number of rotatable bonds is 5. The Labute approximate surface area is 128 Å². The molecule has 114 valence electrons. The highest BCUT2D eigenvalue weighted by Crippen LogP contribution is 2.25. The Morgan fingerprint density at radius 1 is 1.05 bits per heavy atom. The summed E-state index contributed by atoms with van der Waals surface area (Å²) in [6.45, 7) is 3.31. The summed E-state index contributed by atoms with van der Waals surface area (Å²) in [7, 11) is 1.63. The summed E-state index contributed by atoms with van der Waals surface area (Å²) in [6, 6.07) is 12.3. The lowest BCUT2D eigenvalue weighted by atomic mass is 10.2. The van der Waals surface area contributed by atoms with E-state index in [0.717, 1.165) is 34.5 Å². The van der Waals surface area contributed by atoms with E-state index in [4.69, 9.17) is 9.47 Å². The lowest BCUT2D eigenvalue weighted by molar-refractivity contribution is 0.306. The van der Waals surface area contributed by atoms with E-state index >= 15 is 0 Å². The number of hydrogen-bond acceptors (Lipinski definition) is 2. The van der Waals surface area contributed by atoms with Gasteiger partial charge in [0.25, 0.3) is 0 Å². The number of halogens is 1. The van der Waals surface area contributed by atoms with Crippen molar-refractivity contribution in [1.82, 2.24) is 4.57 Å². The van der Waals surface area contributed by atoms with Crippen molar-refractivity contribution < 1.29 is 13.9 Å². The van der Waals surface area contributed by atoms with Gasteiger partial charge in [-0.15, -0.1) is 0 Å². The number of fused-ring (bicyclic) bond motifs is 1. The monoisotopic (exact) mass is 299 g/mol. The second-order valence-corrected chi connectivity index (χ2v) is 5.07. The van der Waals surface area contributed by atoms with Gasteiger partial charge in [0.05, 0.1) is 7.11 Å². The second-order valence-electron chi connectivity index (χ2n) is 5.07. The Morgan fingerprint density at radius 2 is 1.77 bits per heavy atom. The minimum Gasteiger partial charge on any atom is -0.497 e. The number of hydrogen-bond donors (Lipinski definition) is 0. The fourth-order valence-corrected chi connectivity index (χ4v) is 2.55. The molecule has 0 aliphatic heterocycles. The maximum absolute atomic E-state index is 13.5. The van der Waals surface area contributed by atoms with Gasteiger partial charge in [-0.3, -0.25) is 0 Å². The van der Waals surface area contributed by atoms with Gasteiger partial charge in [-0.05, 0) is 49.4 Å². The minimum atomic E-state index is -0.230. The molecule has 2 aromatic carbocycles. The quantitative estimate of drug-likeness (QED) is 0.697. The van der Waals surface area contributed by atoms with Gasteiger partial charge in [0, 0.05) is 29.2 Å². The molecule has 0 saturated carbocycles. The standard InChI is InChI=1S/C18H18FNO2/c1-3-20-11-13(17-10-14(19)4-9-18(17)20)12-22-16-7-5-15(21-2)6-8-16/h4-11H,3,12H2,1-2H3. The van der Waals surface area contributed by atoms with Crippen LogP contribution in [-0.2, 0) is 13.2 Å². The average molecular weight is 299 g/mol. The molecule has 0 spiro atoms. The summed E-state index contributed by atoms with van der Waals surface area (Å²) in [5.74, 6) is 1.32. The van der Waals surface area contributed by atoms with E-state index in [9.17, 15) is 4.39 Å². The first-order valence-electron chi connectivity index (χ1n) is 7.25. The molecular weight excluding hydrogens is 281 g/mol. The third-order valence-corrected chi connectivity index (χ3v) is 3.72. The molecule has 3 nitrogen and oxygen atoms in total. The highest BCUT2D eigenvalue weighted by molar-refractivity contribution is 5.84. The molecule has 0 aliphatic carbocycles. The Balaban J connectivity index is 1.85. The Hall–Kier alpha value is -2.49. The van der Waals surface area contributed by atoms with Gasteiger partial charge >= 0.3 is 0 Å². The van der Waals surface area contributed by atoms with E-state index in [1.165, 1.54) is 6.07 Å². The van der Waals surface area contributed by atoms with Gasteiger partial charge in [-0.2, -0.15) is 0 Å². The molecular formula is C18H18FNO2. The van der Waals surface area contributed by atoms with Crippen LogP contribution in [0.4, 0.5) is 4.39 Å². The molecule has 0 fully saturated rings. The largest absolute Gasteiger partial charge is 0.497 e. The lowest BCUT2D eigenvalue weighted by Gasteiger charge is -2.06. The first-order valence-corrected chi connectivity index (χ1v) is 7.25. The normalized spacial score (nSPS) is 10.9. The Kier molecular flexibility index (Phi) is 4.00. The van der Waals surface area contributed by atoms with Crippen LogP contribution in [0.15, 0.2) is 48.7 Å². The first-order chi connectivity index (χ1) is 10.7. The SMILES string of the molecule is CCn1cc(COc2ccc(OC)cc2)c2cc(F)ccc21. The third kappa shape index (κ3) is 2.77. The van der Waals surface area contributed by atoms with Crippen molar-refractivity contribution in [2.75, 3.05) is 7.11 Å². The van der Waals surface area contributed by atoms with Crippen molar-refractivity contribution in [1.29, 1.82) is 0 Å². The van der Waals surface area contributed by atoms with Gasteiger partial charge in [-0.25, -0.2) is 4.39 Å². The zero-order valence-corrected chi connectivity index (χ0v) is 12.7. The van der Waals surface area contributed by atoms with Gasteiger partial charge in [0.1, 0.15) is 23.9 Å². The van der Waals surface area contributed by atoms with Crippen molar-refractivity contribution in [2.45, 2.75) is 20.1 Å². The van der Waals surface area contributed by atoms with Crippen molar-refractivity contribution in [3.63, 3.8) is 0 Å². The topological polar surface area (TPSA) is 23.4 Å². The minimum absolute atomic E-state index is 0.230. The highest BCUT2D eigenvalue weighted by atomic mass is 19.1. The van der Waals surface area contributed by atoms with Crippen molar-refractivity contribution in [3.05, 3.63) is 60.0 Å². The van der Waals surface area contributed by atoms with E-state index in [1.54, 1.807) is 13.2 Å². The summed E-state index contributed by atoms with van der Waals surface area (Å²) >= 11 is 0. The summed E-state index contributed by atoms with van der Waals surface area (Å²) < 4.78 is 26.5. The second kappa shape index (κ2) is 6.10. The van der Waals surface area contributed by atoms with Crippen molar-refractivity contribution >= 4 is 10.9 Å². The van der Waals surface area contributed by atoms with Crippen LogP contribution in [0.25, 0.3) is 10.9 Å². The third-order valence-electron chi connectivity index (χ3n) is 3.72. The van der Waals surface area contributed by atoms with Crippen molar-refractivity contribution in [3.8, 4) is 11.5 Å². The molecule has 22 heavy (non-hydrogen) atoms. The maximum Gasteiger partial charge on any atom is 0.123 e. The lowest BCUT2D eigenvalue weighted by Crippen LogP contribution is -1.95.